The van der Waals surface area contributed by atoms with Crippen LogP contribution >= 0.6 is 0 Å². The third kappa shape index (κ3) is 3.50. The topological polar surface area (TPSA) is 74.8 Å². The van der Waals surface area contributed by atoms with Crippen molar-refractivity contribution in [3.8, 4) is 0 Å². The molecule has 21 heavy (non-hydrogen) atoms. The maximum Gasteiger partial charge on any atom is 0.254 e. The van der Waals surface area contributed by atoms with Crippen molar-refractivity contribution in [3.63, 3.8) is 0 Å². The van der Waals surface area contributed by atoms with E-state index < -0.39 is 23.1 Å². The van der Waals surface area contributed by atoms with E-state index >= 15 is 0 Å². The van der Waals surface area contributed by atoms with Crippen molar-refractivity contribution in [1.82, 2.24) is 9.97 Å². The third-order valence-corrected chi connectivity index (χ3v) is 2.88. The molecule has 0 radical (unpaired) electrons. The summed E-state index contributed by atoms with van der Waals surface area (Å²) in [6.07, 6.45) is -0.273. The van der Waals surface area contributed by atoms with Gasteiger partial charge >= 0.3 is 0 Å². The Hall–Kier alpha value is -2.57. The van der Waals surface area contributed by atoms with Crippen LogP contribution in [0.3, 0.4) is 0 Å². The van der Waals surface area contributed by atoms with Crippen LogP contribution < -0.4 is 10.9 Å². The van der Waals surface area contributed by atoms with Gasteiger partial charge in [-0.2, -0.15) is 0 Å². The molecule has 0 saturated carbocycles. The molecule has 1 aromatic carbocycles. The van der Waals surface area contributed by atoms with Gasteiger partial charge in [-0.3, -0.25) is 9.59 Å². The second kappa shape index (κ2) is 5.82. The molecule has 0 unspecified atom stereocenters. The summed E-state index contributed by atoms with van der Waals surface area (Å²) in [4.78, 5) is 30.2. The largest absolute Gasteiger partial charge is 0.323 e. The SMILES string of the molecule is Cc1nc(C)c(CC(=O)Nc2cc(F)ccc2F)c(=O)[nH]1. The molecule has 2 aromatic rings. The van der Waals surface area contributed by atoms with E-state index in [0.717, 1.165) is 18.2 Å². The average molecular weight is 293 g/mol. The Kier molecular flexibility index (Phi) is 4.11. The van der Waals surface area contributed by atoms with Crippen molar-refractivity contribution < 1.29 is 13.6 Å². The fraction of sp³-hybridized carbons (Fsp3) is 0.214. The molecule has 0 spiro atoms. The van der Waals surface area contributed by atoms with Crippen LogP contribution in [0.5, 0.6) is 0 Å². The Morgan fingerprint density at radius 3 is 2.71 bits per heavy atom. The number of hydrogen-bond acceptors (Lipinski definition) is 3. The van der Waals surface area contributed by atoms with E-state index in [4.69, 9.17) is 0 Å². The molecule has 5 nitrogen and oxygen atoms in total. The van der Waals surface area contributed by atoms with Crippen LogP contribution in [0.4, 0.5) is 14.5 Å². The smallest absolute Gasteiger partial charge is 0.254 e. The van der Waals surface area contributed by atoms with Gasteiger partial charge in [0.05, 0.1) is 12.1 Å². The van der Waals surface area contributed by atoms with Crippen LogP contribution in [0.15, 0.2) is 23.0 Å². The van der Waals surface area contributed by atoms with Gasteiger partial charge < -0.3 is 10.3 Å². The second-order valence-corrected chi connectivity index (χ2v) is 4.56. The third-order valence-electron chi connectivity index (χ3n) is 2.88. The molecule has 0 aliphatic heterocycles. The molecule has 0 fully saturated rings. The number of nitrogens with zero attached hydrogens (tertiary/aromatic N) is 1. The lowest BCUT2D eigenvalue weighted by molar-refractivity contribution is -0.115. The molecule has 0 aliphatic rings. The Bertz CT molecular complexity index is 756. The number of halogens is 2. The van der Waals surface area contributed by atoms with Crippen molar-refractivity contribution in [2.75, 3.05) is 5.32 Å². The molecule has 110 valence electrons. The molecule has 1 heterocycles. The monoisotopic (exact) mass is 293 g/mol. The maximum absolute atomic E-state index is 13.4. The van der Waals surface area contributed by atoms with E-state index in [1.807, 2.05) is 0 Å². The molecule has 0 aliphatic carbocycles. The molecule has 0 saturated heterocycles. The highest BCUT2D eigenvalue weighted by molar-refractivity contribution is 5.92. The number of rotatable bonds is 3. The van der Waals surface area contributed by atoms with Crippen LogP contribution in [-0.2, 0) is 11.2 Å². The fourth-order valence-electron chi connectivity index (χ4n) is 1.91. The summed E-state index contributed by atoms with van der Waals surface area (Å²) in [5.74, 6) is -1.60. The highest BCUT2D eigenvalue weighted by Crippen LogP contribution is 2.15. The first kappa shape index (κ1) is 14.8. The molecule has 1 amide bonds. The van der Waals surface area contributed by atoms with E-state index in [0.29, 0.717) is 11.5 Å². The zero-order chi connectivity index (χ0) is 15.6. The van der Waals surface area contributed by atoms with Crippen molar-refractivity contribution in [2.24, 2.45) is 0 Å². The highest BCUT2D eigenvalue weighted by Gasteiger charge is 2.13. The number of anilines is 1. The van der Waals surface area contributed by atoms with Crippen LogP contribution in [0.2, 0.25) is 0 Å². The van der Waals surface area contributed by atoms with Gasteiger partial charge in [0.25, 0.3) is 5.56 Å². The van der Waals surface area contributed by atoms with Gasteiger partial charge in [-0.15, -0.1) is 0 Å². The quantitative estimate of drug-likeness (QED) is 0.907. The zero-order valence-corrected chi connectivity index (χ0v) is 11.5. The van der Waals surface area contributed by atoms with Gasteiger partial charge in [-0.05, 0) is 26.0 Å². The minimum Gasteiger partial charge on any atom is -0.323 e. The predicted molar refractivity (Wildman–Crippen MR) is 73.0 cm³/mol. The van der Waals surface area contributed by atoms with Gasteiger partial charge in [0.15, 0.2) is 0 Å². The normalized spacial score (nSPS) is 10.5. The van der Waals surface area contributed by atoms with Crippen LogP contribution in [0, 0.1) is 25.5 Å². The highest BCUT2D eigenvalue weighted by atomic mass is 19.1. The Morgan fingerprint density at radius 2 is 2.05 bits per heavy atom. The molecule has 2 rings (SSSR count). The number of aromatic nitrogens is 2. The number of carbonyl (C=O) groups excluding carboxylic acids is 1. The first-order valence-corrected chi connectivity index (χ1v) is 6.18. The summed E-state index contributed by atoms with van der Waals surface area (Å²) < 4.78 is 26.4. The summed E-state index contributed by atoms with van der Waals surface area (Å²) in [6.45, 7) is 3.23. The number of benzene rings is 1. The van der Waals surface area contributed by atoms with Gasteiger partial charge in [-0.25, -0.2) is 13.8 Å². The van der Waals surface area contributed by atoms with Crippen molar-refractivity contribution in [2.45, 2.75) is 20.3 Å². The lowest BCUT2D eigenvalue weighted by Gasteiger charge is -2.08. The van der Waals surface area contributed by atoms with Gasteiger partial charge in [0.1, 0.15) is 17.5 Å². The summed E-state index contributed by atoms with van der Waals surface area (Å²) in [5, 5.41) is 2.23. The summed E-state index contributed by atoms with van der Waals surface area (Å²) in [7, 11) is 0. The van der Waals surface area contributed by atoms with E-state index in [1.54, 1.807) is 13.8 Å². The Labute approximate surface area is 119 Å². The van der Waals surface area contributed by atoms with Crippen molar-refractivity contribution >= 4 is 11.6 Å². The average Bonchev–Trinajstić information content (AvgIpc) is 2.38. The minimum atomic E-state index is -0.752. The summed E-state index contributed by atoms with van der Waals surface area (Å²) >= 11 is 0. The fourth-order valence-corrected chi connectivity index (χ4v) is 1.91. The zero-order valence-electron chi connectivity index (χ0n) is 11.5. The number of aromatic amines is 1. The predicted octanol–water partition coefficient (Wildman–Crippen LogP) is 1.85. The number of H-pyrrole nitrogens is 1. The van der Waals surface area contributed by atoms with Gasteiger partial charge in [0.2, 0.25) is 5.91 Å². The van der Waals surface area contributed by atoms with E-state index in [1.165, 1.54) is 0 Å². The number of hydrogen-bond donors (Lipinski definition) is 2. The number of carbonyl (C=O) groups is 1. The lowest BCUT2D eigenvalue weighted by atomic mass is 10.1. The molecular formula is C14H13F2N3O2. The molecule has 0 bridgehead atoms. The number of nitrogens with one attached hydrogen (secondary N) is 2. The number of aryl methyl sites for hydroxylation is 2. The number of amides is 1. The summed E-state index contributed by atoms with van der Waals surface area (Å²) in [5.41, 5.74) is -0.0787. The molecule has 0 atom stereocenters. The molecule has 7 heteroatoms. The van der Waals surface area contributed by atoms with Gasteiger partial charge in [-0.1, -0.05) is 0 Å². The minimum absolute atomic E-state index is 0.190. The van der Waals surface area contributed by atoms with Crippen molar-refractivity contribution in [1.29, 1.82) is 0 Å². The molecule has 2 N–H and O–H groups in total. The Morgan fingerprint density at radius 1 is 1.33 bits per heavy atom. The molecular weight excluding hydrogens is 280 g/mol. The van der Waals surface area contributed by atoms with Crippen LogP contribution in [-0.4, -0.2) is 15.9 Å². The maximum atomic E-state index is 13.4. The standard InChI is InChI=1S/C14H13F2N3O2/c1-7-10(14(21)18-8(2)17-7)6-13(20)19-12-5-9(15)3-4-11(12)16/h3-5H,6H2,1-2H3,(H,19,20)(H,17,18,21). The van der Waals surface area contributed by atoms with E-state index in [2.05, 4.69) is 15.3 Å². The lowest BCUT2D eigenvalue weighted by Crippen LogP contribution is -2.24. The van der Waals surface area contributed by atoms with Crippen LogP contribution in [0.25, 0.3) is 0 Å². The first-order chi connectivity index (χ1) is 9.86. The van der Waals surface area contributed by atoms with Crippen LogP contribution in [0.1, 0.15) is 17.1 Å². The van der Waals surface area contributed by atoms with Crippen molar-refractivity contribution in [3.05, 3.63) is 57.3 Å². The van der Waals surface area contributed by atoms with Gasteiger partial charge in [0, 0.05) is 17.3 Å². The van der Waals surface area contributed by atoms with E-state index in [9.17, 15) is 18.4 Å². The second-order valence-electron chi connectivity index (χ2n) is 4.56. The summed E-state index contributed by atoms with van der Waals surface area (Å²) in [6, 6.07) is 2.73. The molecule has 1 aromatic heterocycles. The first-order valence-electron chi connectivity index (χ1n) is 6.18. The van der Waals surface area contributed by atoms with E-state index in [-0.39, 0.29) is 17.7 Å². The Balaban J connectivity index is 2.20.